The molecule has 0 saturated heterocycles. The van der Waals surface area contributed by atoms with Crippen LogP contribution >= 0.6 is 0 Å². The van der Waals surface area contributed by atoms with Gasteiger partial charge in [0.25, 0.3) is 0 Å². The van der Waals surface area contributed by atoms with Gasteiger partial charge in [0.05, 0.1) is 5.54 Å². The summed E-state index contributed by atoms with van der Waals surface area (Å²) in [4.78, 5) is 15.8. The first-order valence-electron chi connectivity index (χ1n) is 5.28. The zero-order valence-electron chi connectivity index (χ0n) is 9.16. The third kappa shape index (κ3) is 1.86. The van der Waals surface area contributed by atoms with E-state index >= 15 is 0 Å². The predicted octanol–water partition coefficient (Wildman–Crippen LogP) is 0.916. The fraction of sp³-hybridized carbons (Fsp3) is 0.455. The molecule has 0 spiro atoms. The van der Waals surface area contributed by atoms with Gasteiger partial charge in [-0.3, -0.25) is 4.79 Å². The van der Waals surface area contributed by atoms with Crippen molar-refractivity contribution < 1.29 is 9.90 Å². The summed E-state index contributed by atoms with van der Waals surface area (Å²) in [5.74, 6) is -0.129. The van der Waals surface area contributed by atoms with Crippen molar-refractivity contribution in [3.63, 3.8) is 0 Å². The van der Waals surface area contributed by atoms with E-state index in [-0.39, 0.29) is 17.5 Å². The lowest BCUT2D eigenvalue weighted by molar-refractivity contribution is -0.123. The minimum Gasteiger partial charge on any atom is -0.504 e. The number of aryl methyl sites for hydroxylation is 1. The molecule has 16 heavy (non-hydrogen) atoms. The van der Waals surface area contributed by atoms with Crippen LogP contribution in [0.2, 0.25) is 0 Å². The number of carbonyl (C=O) groups excluding carboxylic acids is 1. The molecule has 0 aromatic carbocycles. The quantitative estimate of drug-likeness (QED) is 0.692. The van der Waals surface area contributed by atoms with Crippen LogP contribution in [0.3, 0.4) is 0 Å². The minimum absolute atomic E-state index is 0.0399. The second-order valence-corrected chi connectivity index (χ2v) is 4.28. The van der Waals surface area contributed by atoms with Gasteiger partial charge in [-0.1, -0.05) is 0 Å². The van der Waals surface area contributed by atoms with Gasteiger partial charge < -0.3 is 16.2 Å². The molecule has 1 saturated carbocycles. The van der Waals surface area contributed by atoms with Crippen molar-refractivity contribution in [2.45, 2.75) is 31.7 Å². The van der Waals surface area contributed by atoms with E-state index in [1.165, 1.54) is 6.07 Å². The van der Waals surface area contributed by atoms with E-state index in [0.717, 1.165) is 12.1 Å². The highest BCUT2D eigenvalue weighted by Crippen LogP contribution is 2.31. The molecule has 1 aliphatic carbocycles. The van der Waals surface area contributed by atoms with Crippen LogP contribution < -0.4 is 11.1 Å². The number of aromatic hydroxyl groups is 1. The van der Waals surface area contributed by atoms with Crippen molar-refractivity contribution in [3.05, 3.63) is 17.8 Å². The van der Waals surface area contributed by atoms with Gasteiger partial charge in [-0.25, -0.2) is 4.98 Å². The van der Waals surface area contributed by atoms with E-state index in [4.69, 9.17) is 5.73 Å². The van der Waals surface area contributed by atoms with Crippen molar-refractivity contribution in [2.24, 2.45) is 5.73 Å². The van der Waals surface area contributed by atoms with E-state index in [2.05, 4.69) is 10.3 Å². The lowest BCUT2D eigenvalue weighted by Gasteiger charge is -2.35. The molecular formula is C11H15N3O2. The van der Waals surface area contributed by atoms with Crippen LogP contribution in [0.1, 0.15) is 25.0 Å². The zero-order valence-corrected chi connectivity index (χ0v) is 9.16. The van der Waals surface area contributed by atoms with Gasteiger partial charge in [-0.2, -0.15) is 0 Å². The Kier molecular flexibility index (Phi) is 2.55. The van der Waals surface area contributed by atoms with E-state index in [1.54, 1.807) is 13.0 Å². The number of aromatic nitrogens is 1. The molecule has 86 valence electrons. The second kappa shape index (κ2) is 3.75. The summed E-state index contributed by atoms with van der Waals surface area (Å²) in [7, 11) is 0. The SMILES string of the molecule is Cc1ccc(O)c(NC(=O)C2(N)CCC2)n1. The lowest BCUT2D eigenvalue weighted by Crippen LogP contribution is -2.56. The molecule has 1 heterocycles. The molecule has 5 heteroatoms. The Morgan fingerprint density at radius 1 is 1.56 bits per heavy atom. The summed E-state index contributed by atoms with van der Waals surface area (Å²) in [6, 6.07) is 3.18. The fourth-order valence-electron chi connectivity index (χ4n) is 1.66. The number of amides is 1. The molecule has 2 rings (SSSR count). The fourth-order valence-corrected chi connectivity index (χ4v) is 1.66. The van der Waals surface area contributed by atoms with Crippen LogP contribution in [0, 0.1) is 6.92 Å². The average molecular weight is 221 g/mol. The lowest BCUT2D eigenvalue weighted by atomic mass is 9.77. The van der Waals surface area contributed by atoms with Crippen LogP contribution in [0.25, 0.3) is 0 Å². The molecule has 1 aliphatic rings. The third-order valence-corrected chi connectivity index (χ3v) is 2.94. The molecule has 1 amide bonds. The molecule has 5 nitrogen and oxygen atoms in total. The Morgan fingerprint density at radius 3 is 2.81 bits per heavy atom. The number of hydrogen-bond acceptors (Lipinski definition) is 4. The molecular weight excluding hydrogens is 206 g/mol. The molecule has 0 unspecified atom stereocenters. The Hall–Kier alpha value is -1.62. The summed E-state index contributed by atoms with van der Waals surface area (Å²) in [6.45, 7) is 1.79. The van der Waals surface area contributed by atoms with E-state index in [9.17, 15) is 9.90 Å². The van der Waals surface area contributed by atoms with Crippen LogP contribution in [0.15, 0.2) is 12.1 Å². The molecule has 0 aliphatic heterocycles. The standard InChI is InChI=1S/C11H15N3O2/c1-7-3-4-8(15)9(13-7)14-10(16)11(12)5-2-6-11/h3-4,15H,2,5-6,12H2,1H3,(H,13,14,16). The predicted molar refractivity (Wildman–Crippen MR) is 60.0 cm³/mol. The maximum atomic E-state index is 11.8. The van der Waals surface area contributed by atoms with Crippen molar-refractivity contribution >= 4 is 11.7 Å². The van der Waals surface area contributed by atoms with E-state index in [1.807, 2.05) is 0 Å². The Morgan fingerprint density at radius 2 is 2.25 bits per heavy atom. The summed E-state index contributed by atoms with van der Waals surface area (Å²) < 4.78 is 0. The average Bonchev–Trinajstić information content (AvgIpc) is 2.20. The molecule has 0 bridgehead atoms. The molecule has 1 fully saturated rings. The zero-order chi connectivity index (χ0) is 11.8. The number of nitrogens with two attached hydrogens (primary N) is 1. The number of pyridine rings is 1. The minimum atomic E-state index is -0.780. The van der Waals surface area contributed by atoms with Gasteiger partial charge in [-0.05, 0) is 38.3 Å². The van der Waals surface area contributed by atoms with Gasteiger partial charge in [0, 0.05) is 5.69 Å². The third-order valence-electron chi connectivity index (χ3n) is 2.94. The van der Waals surface area contributed by atoms with E-state index in [0.29, 0.717) is 12.8 Å². The number of anilines is 1. The number of nitrogens with zero attached hydrogens (tertiary/aromatic N) is 1. The maximum absolute atomic E-state index is 11.8. The first-order valence-corrected chi connectivity index (χ1v) is 5.28. The van der Waals surface area contributed by atoms with Gasteiger partial charge in [0.15, 0.2) is 11.6 Å². The highest BCUT2D eigenvalue weighted by Gasteiger charge is 2.40. The van der Waals surface area contributed by atoms with Crippen LogP contribution in [-0.2, 0) is 4.79 Å². The monoisotopic (exact) mass is 221 g/mol. The second-order valence-electron chi connectivity index (χ2n) is 4.28. The van der Waals surface area contributed by atoms with Crippen molar-refractivity contribution in [1.82, 2.24) is 4.98 Å². The van der Waals surface area contributed by atoms with Crippen LogP contribution in [0.5, 0.6) is 5.75 Å². The molecule has 0 atom stereocenters. The molecule has 4 N–H and O–H groups in total. The van der Waals surface area contributed by atoms with Crippen LogP contribution in [-0.4, -0.2) is 21.5 Å². The van der Waals surface area contributed by atoms with Gasteiger partial charge in [0.2, 0.25) is 5.91 Å². The highest BCUT2D eigenvalue weighted by molar-refractivity contribution is 5.98. The highest BCUT2D eigenvalue weighted by atomic mass is 16.3. The summed E-state index contributed by atoms with van der Waals surface area (Å²) in [6.07, 6.45) is 2.34. The smallest absolute Gasteiger partial charge is 0.245 e. The topological polar surface area (TPSA) is 88.2 Å². The maximum Gasteiger partial charge on any atom is 0.245 e. The largest absolute Gasteiger partial charge is 0.504 e. The van der Waals surface area contributed by atoms with Crippen LogP contribution in [0.4, 0.5) is 5.82 Å². The number of rotatable bonds is 2. The Balaban J connectivity index is 2.14. The molecule has 0 radical (unpaired) electrons. The first kappa shape index (κ1) is 10.9. The summed E-state index contributed by atoms with van der Waals surface area (Å²) in [5, 5.41) is 12.1. The number of carbonyl (C=O) groups is 1. The van der Waals surface area contributed by atoms with E-state index < -0.39 is 5.54 Å². The number of nitrogens with one attached hydrogen (secondary N) is 1. The normalized spacial score (nSPS) is 17.6. The van der Waals surface area contributed by atoms with Gasteiger partial charge >= 0.3 is 0 Å². The molecule has 1 aromatic rings. The summed E-state index contributed by atoms with van der Waals surface area (Å²) in [5.41, 5.74) is 5.81. The van der Waals surface area contributed by atoms with Gasteiger partial charge in [0.1, 0.15) is 0 Å². The van der Waals surface area contributed by atoms with Gasteiger partial charge in [-0.15, -0.1) is 0 Å². The Labute approximate surface area is 93.7 Å². The number of hydrogen-bond donors (Lipinski definition) is 3. The van der Waals surface area contributed by atoms with Crippen molar-refractivity contribution in [1.29, 1.82) is 0 Å². The van der Waals surface area contributed by atoms with Crippen molar-refractivity contribution in [3.8, 4) is 5.75 Å². The Bertz CT molecular complexity index is 427. The summed E-state index contributed by atoms with van der Waals surface area (Å²) >= 11 is 0. The van der Waals surface area contributed by atoms with Crippen molar-refractivity contribution in [2.75, 3.05) is 5.32 Å². The molecule has 1 aromatic heterocycles. The first-order chi connectivity index (χ1) is 7.51.